The molecule has 0 aliphatic heterocycles. The van der Waals surface area contributed by atoms with Gasteiger partial charge >= 0.3 is 0 Å². The summed E-state index contributed by atoms with van der Waals surface area (Å²) in [6, 6.07) is 3.54. The maximum Gasteiger partial charge on any atom is 0.268 e. The van der Waals surface area contributed by atoms with Crippen molar-refractivity contribution in [1.29, 1.82) is 0 Å². The van der Waals surface area contributed by atoms with E-state index >= 15 is 0 Å². The number of carbonyl (C=O) groups is 1. The van der Waals surface area contributed by atoms with E-state index in [1.165, 1.54) is 17.5 Å². The second-order valence-electron chi connectivity index (χ2n) is 2.60. The van der Waals surface area contributed by atoms with Gasteiger partial charge in [-0.2, -0.15) is 0 Å². The first-order chi connectivity index (χ1) is 6.79. The van der Waals surface area contributed by atoms with Crippen LogP contribution in [0.2, 0.25) is 0 Å². The maximum absolute atomic E-state index is 11.1. The van der Waals surface area contributed by atoms with Crippen LogP contribution >= 0.6 is 11.3 Å². The summed E-state index contributed by atoms with van der Waals surface area (Å²) in [5.41, 5.74) is 6.15. The minimum absolute atomic E-state index is 0.266. The topological polar surface area (TPSA) is 68.9 Å². The molecule has 0 saturated carbocycles. The summed E-state index contributed by atoms with van der Waals surface area (Å²) in [6.07, 6.45) is 3.22. The third-order valence-electron chi connectivity index (χ3n) is 1.70. The number of hydrogen-bond donors (Lipinski definition) is 1. The normalized spacial score (nSPS) is 10.0. The Labute approximate surface area is 84.4 Å². The molecule has 2 rings (SSSR count). The lowest BCUT2D eigenvalue weighted by molar-refractivity contribution is 0.0996. The first-order valence-electron chi connectivity index (χ1n) is 3.93. The molecule has 0 aliphatic carbocycles. The number of thiazole rings is 1. The predicted molar refractivity (Wildman–Crippen MR) is 53.9 cm³/mol. The van der Waals surface area contributed by atoms with Gasteiger partial charge < -0.3 is 5.73 Å². The zero-order valence-corrected chi connectivity index (χ0v) is 7.99. The van der Waals surface area contributed by atoms with Gasteiger partial charge in [-0.05, 0) is 12.1 Å². The molecule has 0 saturated heterocycles. The quantitative estimate of drug-likeness (QED) is 0.803. The van der Waals surface area contributed by atoms with E-state index in [1.54, 1.807) is 18.3 Å². The number of nitrogens with zero attached hydrogens (tertiary/aromatic N) is 2. The van der Waals surface area contributed by atoms with Crippen molar-refractivity contribution in [2.45, 2.75) is 0 Å². The molecule has 14 heavy (non-hydrogen) atoms. The van der Waals surface area contributed by atoms with Crippen LogP contribution in [0.5, 0.6) is 0 Å². The third-order valence-corrected chi connectivity index (χ3v) is 2.51. The molecule has 2 aromatic heterocycles. The van der Waals surface area contributed by atoms with Gasteiger partial charge in [-0.25, -0.2) is 4.98 Å². The minimum Gasteiger partial charge on any atom is -0.364 e. The molecule has 0 radical (unpaired) electrons. The van der Waals surface area contributed by atoms with E-state index in [0.29, 0.717) is 5.56 Å². The van der Waals surface area contributed by atoms with Crippen LogP contribution < -0.4 is 5.73 Å². The van der Waals surface area contributed by atoms with E-state index in [-0.39, 0.29) is 5.69 Å². The van der Waals surface area contributed by atoms with Gasteiger partial charge in [0.05, 0.1) is 0 Å². The van der Waals surface area contributed by atoms with E-state index in [9.17, 15) is 4.79 Å². The summed E-state index contributed by atoms with van der Waals surface area (Å²) in [5.74, 6) is -0.532. The average Bonchev–Trinajstić information content (AvgIpc) is 2.70. The number of rotatable bonds is 2. The Morgan fingerprint density at radius 1 is 1.36 bits per heavy atom. The molecule has 4 nitrogen and oxygen atoms in total. The Bertz CT molecular complexity index is 453. The molecule has 1 amide bonds. The van der Waals surface area contributed by atoms with Crippen molar-refractivity contribution >= 4 is 17.2 Å². The first-order valence-corrected chi connectivity index (χ1v) is 4.81. The lowest BCUT2D eigenvalue weighted by atomic mass is 10.2. The number of amides is 1. The molecule has 0 unspecified atom stereocenters. The van der Waals surface area contributed by atoms with Gasteiger partial charge in [0.2, 0.25) is 0 Å². The Balaban J connectivity index is 2.58. The fraction of sp³-hybridized carbons (Fsp3) is 0. The third kappa shape index (κ3) is 1.49. The number of aromatic nitrogens is 2. The van der Waals surface area contributed by atoms with E-state index < -0.39 is 5.91 Å². The van der Waals surface area contributed by atoms with E-state index in [0.717, 1.165) is 5.01 Å². The zero-order valence-electron chi connectivity index (χ0n) is 7.18. The van der Waals surface area contributed by atoms with E-state index in [1.807, 2.05) is 5.38 Å². The molecular weight excluding hydrogens is 198 g/mol. The van der Waals surface area contributed by atoms with Crippen molar-refractivity contribution in [1.82, 2.24) is 9.97 Å². The highest BCUT2D eigenvalue weighted by molar-refractivity contribution is 7.13. The Morgan fingerprint density at radius 2 is 2.21 bits per heavy atom. The maximum atomic E-state index is 11.1. The van der Waals surface area contributed by atoms with Crippen molar-refractivity contribution in [2.75, 3.05) is 0 Å². The van der Waals surface area contributed by atoms with Crippen LogP contribution in [0.4, 0.5) is 0 Å². The van der Waals surface area contributed by atoms with Crippen molar-refractivity contribution in [3.8, 4) is 10.6 Å². The highest BCUT2D eigenvalue weighted by Gasteiger charge is 2.11. The largest absolute Gasteiger partial charge is 0.364 e. The summed E-state index contributed by atoms with van der Waals surface area (Å²) in [5, 5.41) is 2.60. The van der Waals surface area contributed by atoms with E-state index in [4.69, 9.17) is 5.73 Å². The summed E-state index contributed by atoms with van der Waals surface area (Å²) in [6.45, 7) is 0. The lowest BCUT2D eigenvalue weighted by Gasteiger charge is -2.00. The lowest BCUT2D eigenvalue weighted by Crippen LogP contribution is -2.14. The molecule has 0 atom stereocenters. The fourth-order valence-electron chi connectivity index (χ4n) is 1.13. The van der Waals surface area contributed by atoms with Crippen molar-refractivity contribution < 1.29 is 4.79 Å². The van der Waals surface area contributed by atoms with Gasteiger partial charge in [-0.3, -0.25) is 9.78 Å². The van der Waals surface area contributed by atoms with Crippen LogP contribution in [0.3, 0.4) is 0 Å². The molecule has 2 heterocycles. The molecule has 5 heteroatoms. The van der Waals surface area contributed by atoms with Crippen LogP contribution in [0, 0.1) is 0 Å². The SMILES string of the molecule is NC(=O)c1ncccc1-c1nccs1. The van der Waals surface area contributed by atoms with Crippen LogP contribution in [-0.2, 0) is 0 Å². The molecule has 70 valence electrons. The van der Waals surface area contributed by atoms with Gasteiger partial charge in [-0.1, -0.05) is 0 Å². The highest BCUT2D eigenvalue weighted by atomic mass is 32.1. The second kappa shape index (κ2) is 3.55. The van der Waals surface area contributed by atoms with E-state index in [2.05, 4.69) is 9.97 Å². The van der Waals surface area contributed by atoms with Gasteiger partial charge in [0.25, 0.3) is 5.91 Å². The molecule has 2 N–H and O–H groups in total. The molecule has 0 bridgehead atoms. The first kappa shape index (κ1) is 8.83. The zero-order chi connectivity index (χ0) is 9.97. The summed E-state index contributed by atoms with van der Waals surface area (Å²) >= 11 is 1.45. The van der Waals surface area contributed by atoms with Crippen LogP contribution in [-0.4, -0.2) is 15.9 Å². The summed E-state index contributed by atoms with van der Waals surface area (Å²) < 4.78 is 0. The monoisotopic (exact) mass is 205 g/mol. The number of pyridine rings is 1. The molecule has 0 fully saturated rings. The minimum atomic E-state index is -0.532. The molecular formula is C9H7N3OS. The Hall–Kier alpha value is -1.75. The summed E-state index contributed by atoms with van der Waals surface area (Å²) in [7, 11) is 0. The smallest absolute Gasteiger partial charge is 0.268 e. The Kier molecular flexibility index (Phi) is 2.24. The fourth-order valence-corrected chi connectivity index (χ4v) is 1.79. The van der Waals surface area contributed by atoms with Gasteiger partial charge in [0.15, 0.2) is 0 Å². The van der Waals surface area contributed by atoms with Crippen LogP contribution in [0.15, 0.2) is 29.9 Å². The Morgan fingerprint density at radius 3 is 2.86 bits per heavy atom. The van der Waals surface area contributed by atoms with Gasteiger partial charge in [0.1, 0.15) is 10.7 Å². The number of nitrogens with two attached hydrogens (primary N) is 1. The highest BCUT2D eigenvalue weighted by Crippen LogP contribution is 2.23. The van der Waals surface area contributed by atoms with Gasteiger partial charge in [-0.15, -0.1) is 11.3 Å². The number of hydrogen-bond acceptors (Lipinski definition) is 4. The molecule has 0 aromatic carbocycles. The van der Waals surface area contributed by atoms with Crippen molar-refractivity contribution in [3.05, 3.63) is 35.6 Å². The van der Waals surface area contributed by atoms with Gasteiger partial charge in [0, 0.05) is 23.3 Å². The molecule has 0 spiro atoms. The predicted octanol–water partition coefficient (Wildman–Crippen LogP) is 1.30. The number of primary amides is 1. The van der Waals surface area contributed by atoms with Crippen molar-refractivity contribution in [2.24, 2.45) is 5.73 Å². The average molecular weight is 205 g/mol. The van der Waals surface area contributed by atoms with Crippen molar-refractivity contribution in [3.63, 3.8) is 0 Å². The van der Waals surface area contributed by atoms with Crippen LogP contribution in [0.1, 0.15) is 10.5 Å². The number of carbonyl (C=O) groups excluding carboxylic acids is 1. The summed E-state index contributed by atoms with van der Waals surface area (Å²) in [4.78, 5) is 19.1. The molecule has 2 aromatic rings. The molecule has 0 aliphatic rings. The standard InChI is InChI=1S/C9H7N3OS/c10-8(13)7-6(2-1-3-11-7)9-12-4-5-14-9/h1-5H,(H2,10,13). The van der Waals surface area contributed by atoms with Crippen LogP contribution in [0.25, 0.3) is 10.6 Å². The second-order valence-corrected chi connectivity index (χ2v) is 3.50.